The number of benzene rings is 1. The Morgan fingerprint density at radius 3 is 2.44 bits per heavy atom. The molecule has 1 heterocycles. The highest BCUT2D eigenvalue weighted by molar-refractivity contribution is 9.10. The van der Waals surface area contributed by atoms with Crippen LogP contribution < -0.4 is 5.73 Å². The molecule has 4 heteroatoms. The summed E-state index contributed by atoms with van der Waals surface area (Å²) < 4.78 is 1.02. The summed E-state index contributed by atoms with van der Waals surface area (Å²) in [6.45, 7) is 3.89. The fourth-order valence-corrected chi connectivity index (χ4v) is 1.57. The molecule has 0 spiro atoms. The summed E-state index contributed by atoms with van der Waals surface area (Å²) in [6.07, 6.45) is 0. The number of aromatic nitrogens is 1. The van der Waals surface area contributed by atoms with E-state index in [9.17, 15) is 0 Å². The Kier molecular flexibility index (Phi) is 5.19. The maximum absolute atomic E-state index is 5.74. The second-order valence-electron chi connectivity index (χ2n) is 3.72. The summed E-state index contributed by atoms with van der Waals surface area (Å²) in [4.78, 5) is 4.17. The Bertz CT molecular complexity index is 432. The second kappa shape index (κ2) is 6.18. The van der Waals surface area contributed by atoms with E-state index in [-0.39, 0.29) is 0 Å². The van der Waals surface area contributed by atoms with E-state index < -0.39 is 0 Å². The Hall–Kier alpha value is -0.640. The van der Waals surface area contributed by atoms with Crippen molar-refractivity contribution in [3.8, 4) is 0 Å². The predicted octanol–water partition coefficient (Wildman–Crippen LogP) is 4.00. The van der Waals surface area contributed by atoms with Crippen molar-refractivity contribution in [3.63, 3.8) is 0 Å². The molecule has 0 atom stereocenters. The molecule has 2 aromatic rings. The zero-order valence-corrected chi connectivity index (χ0v) is 11.6. The number of rotatable bonds is 0. The zero-order valence-electron chi connectivity index (χ0n) is 9.24. The highest BCUT2D eigenvalue weighted by atomic mass is 79.9. The Balaban J connectivity index is 0.000000280. The summed E-state index contributed by atoms with van der Waals surface area (Å²) in [5.41, 5.74) is 6.02. The van der Waals surface area contributed by atoms with Crippen LogP contribution in [0.4, 0.5) is 0 Å². The minimum Gasteiger partial charge on any atom is -0.328 e. The molecule has 0 fully saturated rings. The lowest BCUT2D eigenvalue weighted by molar-refractivity contribution is 0.834. The largest absolute Gasteiger partial charge is 0.328 e. The van der Waals surface area contributed by atoms with Crippen LogP contribution in [-0.4, -0.2) is 11.0 Å². The van der Waals surface area contributed by atoms with Gasteiger partial charge in [-0.1, -0.05) is 47.4 Å². The Morgan fingerprint density at radius 1 is 1.25 bits per heavy atom. The first kappa shape index (κ1) is 13.4. The van der Waals surface area contributed by atoms with Gasteiger partial charge in [0.1, 0.15) is 5.15 Å². The lowest BCUT2D eigenvalue weighted by Gasteiger charge is -1.97. The predicted molar refractivity (Wildman–Crippen MR) is 73.8 cm³/mol. The van der Waals surface area contributed by atoms with Gasteiger partial charge in [0.05, 0.1) is 5.52 Å². The van der Waals surface area contributed by atoms with E-state index in [2.05, 4.69) is 20.9 Å². The van der Waals surface area contributed by atoms with E-state index in [1.165, 1.54) is 0 Å². The highest BCUT2D eigenvalue weighted by Crippen LogP contribution is 2.19. The van der Waals surface area contributed by atoms with Crippen molar-refractivity contribution in [1.29, 1.82) is 0 Å². The molecule has 0 unspecified atom stereocenters. The normalized spacial score (nSPS) is 10.1. The van der Waals surface area contributed by atoms with Gasteiger partial charge in [0.15, 0.2) is 0 Å². The van der Waals surface area contributed by atoms with Crippen molar-refractivity contribution < 1.29 is 0 Å². The standard InChI is InChI=1S/C9H5BrClN.C3H9N/c10-7-3-1-6-2-4-9(11)12-8(6)5-7;1-3(2)4/h1-5H;3H,4H2,1-2H3. The van der Waals surface area contributed by atoms with E-state index >= 15 is 0 Å². The molecule has 0 aliphatic carbocycles. The number of hydrogen-bond acceptors (Lipinski definition) is 2. The monoisotopic (exact) mass is 300 g/mol. The van der Waals surface area contributed by atoms with Crippen molar-refractivity contribution in [2.75, 3.05) is 0 Å². The van der Waals surface area contributed by atoms with Crippen LogP contribution in [0, 0.1) is 0 Å². The quantitative estimate of drug-likeness (QED) is 0.747. The van der Waals surface area contributed by atoms with Crippen molar-refractivity contribution in [2.45, 2.75) is 19.9 Å². The topological polar surface area (TPSA) is 38.9 Å². The molecule has 0 aliphatic heterocycles. The summed E-state index contributed by atoms with van der Waals surface area (Å²) in [7, 11) is 0. The fourth-order valence-electron chi connectivity index (χ4n) is 1.07. The molecule has 16 heavy (non-hydrogen) atoms. The summed E-state index contributed by atoms with van der Waals surface area (Å²) in [6, 6.07) is 10.0. The van der Waals surface area contributed by atoms with Crippen molar-refractivity contribution in [3.05, 3.63) is 40.0 Å². The smallest absolute Gasteiger partial charge is 0.129 e. The molecule has 1 aromatic heterocycles. The van der Waals surface area contributed by atoms with E-state index in [1.54, 1.807) is 6.07 Å². The molecule has 2 N–H and O–H groups in total. The summed E-state index contributed by atoms with van der Waals surface area (Å²) in [5.74, 6) is 0. The third-order valence-corrected chi connectivity index (χ3v) is 2.32. The lowest BCUT2D eigenvalue weighted by atomic mass is 10.2. The number of halogens is 2. The Morgan fingerprint density at radius 2 is 1.81 bits per heavy atom. The van der Waals surface area contributed by atoms with Gasteiger partial charge in [-0.05, 0) is 30.3 Å². The number of pyridine rings is 1. The van der Waals surface area contributed by atoms with Gasteiger partial charge in [0, 0.05) is 9.86 Å². The molecule has 0 saturated heterocycles. The first-order valence-electron chi connectivity index (χ1n) is 4.96. The van der Waals surface area contributed by atoms with Gasteiger partial charge in [-0.15, -0.1) is 0 Å². The van der Waals surface area contributed by atoms with Gasteiger partial charge in [-0.25, -0.2) is 4.98 Å². The van der Waals surface area contributed by atoms with Crippen molar-refractivity contribution in [2.24, 2.45) is 5.73 Å². The van der Waals surface area contributed by atoms with Gasteiger partial charge in [0.25, 0.3) is 0 Å². The summed E-state index contributed by atoms with van der Waals surface area (Å²) >= 11 is 9.12. The molecule has 0 aliphatic rings. The zero-order chi connectivity index (χ0) is 12.1. The minimum absolute atomic E-state index is 0.333. The SMILES string of the molecule is CC(C)N.Clc1ccc2ccc(Br)cc2n1. The molecule has 0 amide bonds. The lowest BCUT2D eigenvalue weighted by Crippen LogP contribution is -2.06. The molecule has 2 rings (SSSR count). The number of fused-ring (bicyclic) bond motifs is 1. The second-order valence-corrected chi connectivity index (χ2v) is 5.02. The van der Waals surface area contributed by atoms with Crippen molar-refractivity contribution >= 4 is 38.4 Å². The van der Waals surface area contributed by atoms with Crippen LogP contribution in [0.3, 0.4) is 0 Å². The van der Waals surface area contributed by atoms with Gasteiger partial charge in [-0.2, -0.15) is 0 Å². The molecular formula is C12H14BrClN2. The van der Waals surface area contributed by atoms with Crippen LogP contribution in [0.15, 0.2) is 34.8 Å². The van der Waals surface area contributed by atoms with Crippen LogP contribution in [0.2, 0.25) is 5.15 Å². The molecule has 1 aromatic carbocycles. The first-order chi connectivity index (χ1) is 7.49. The van der Waals surface area contributed by atoms with E-state index in [0.717, 1.165) is 15.4 Å². The van der Waals surface area contributed by atoms with Crippen LogP contribution in [0.25, 0.3) is 10.9 Å². The number of nitrogens with zero attached hydrogens (tertiary/aromatic N) is 1. The van der Waals surface area contributed by atoms with Crippen molar-refractivity contribution in [1.82, 2.24) is 4.98 Å². The van der Waals surface area contributed by atoms with E-state index in [0.29, 0.717) is 11.2 Å². The molecule has 0 saturated carbocycles. The van der Waals surface area contributed by atoms with Gasteiger partial charge < -0.3 is 5.73 Å². The number of hydrogen-bond donors (Lipinski definition) is 1. The Labute approximate surface area is 109 Å². The number of nitrogens with two attached hydrogens (primary N) is 1. The van der Waals surface area contributed by atoms with Crippen LogP contribution in [-0.2, 0) is 0 Å². The maximum atomic E-state index is 5.74. The average Bonchev–Trinajstić information content (AvgIpc) is 2.15. The summed E-state index contributed by atoms with van der Waals surface area (Å²) in [5, 5.41) is 1.63. The highest BCUT2D eigenvalue weighted by Gasteiger charge is 1.95. The molecule has 86 valence electrons. The van der Waals surface area contributed by atoms with Crippen LogP contribution in [0.5, 0.6) is 0 Å². The molecule has 0 radical (unpaired) electrons. The average molecular weight is 302 g/mol. The molecule has 0 bridgehead atoms. The van der Waals surface area contributed by atoms with Crippen LogP contribution in [0.1, 0.15) is 13.8 Å². The van der Waals surface area contributed by atoms with E-state index in [4.69, 9.17) is 17.3 Å². The van der Waals surface area contributed by atoms with E-state index in [1.807, 2.05) is 38.1 Å². The first-order valence-corrected chi connectivity index (χ1v) is 6.13. The van der Waals surface area contributed by atoms with Crippen LogP contribution >= 0.6 is 27.5 Å². The van der Waals surface area contributed by atoms with Gasteiger partial charge >= 0.3 is 0 Å². The van der Waals surface area contributed by atoms with Gasteiger partial charge in [-0.3, -0.25) is 0 Å². The minimum atomic E-state index is 0.333. The third-order valence-electron chi connectivity index (χ3n) is 1.62. The fraction of sp³-hybridized carbons (Fsp3) is 0.250. The third kappa shape index (κ3) is 4.47. The maximum Gasteiger partial charge on any atom is 0.129 e. The molecule has 2 nitrogen and oxygen atoms in total. The van der Waals surface area contributed by atoms with Gasteiger partial charge in [0.2, 0.25) is 0 Å². The molecular weight excluding hydrogens is 288 g/mol.